The Morgan fingerprint density at radius 1 is 1.67 bits per heavy atom. The first-order valence-electron chi connectivity index (χ1n) is 2.17. The van der Waals surface area contributed by atoms with E-state index in [1.807, 2.05) is 0 Å². The zero-order valence-electron chi connectivity index (χ0n) is 4.26. The van der Waals surface area contributed by atoms with Crippen LogP contribution in [0.2, 0.25) is 5.22 Å². The lowest BCUT2D eigenvalue weighted by atomic mass is 10.5. The lowest BCUT2D eigenvalue weighted by Gasteiger charge is -1.91. The van der Waals surface area contributed by atoms with Crippen LogP contribution in [0.1, 0.15) is 10.6 Å². The molecule has 0 aliphatic rings. The van der Waals surface area contributed by atoms with E-state index >= 15 is 0 Å². The Morgan fingerprint density at radius 3 is 2.56 bits per heavy atom. The molecule has 0 amide bonds. The normalized spacial score (nSPS) is 9.44. The lowest BCUT2D eigenvalue weighted by Crippen LogP contribution is -2.21. The summed E-state index contributed by atoms with van der Waals surface area (Å²) >= 11 is 5.25. The molecule has 1 aromatic heterocycles. The summed E-state index contributed by atoms with van der Waals surface area (Å²) in [6.07, 6.45) is 0. The summed E-state index contributed by atoms with van der Waals surface area (Å²) in [4.78, 5) is 9.95. The van der Waals surface area contributed by atoms with E-state index in [4.69, 9.17) is 11.6 Å². The minimum absolute atomic E-state index is 0.0502. The number of hydrogen-bond acceptors (Lipinski definition) is 3. The third-order valence-electron chi connectivity index (χ3n) is 0.774. The number of carbonyl (C=O) groups is 1. The van der Waals surface area contributed by atoms with Gasteiger partial charge in [0.25, 0.3) is 0 Å². The van der Waals surface area contributed by atoms with Gasteiger partial charge in [-0.15, -0.1) is 0 Å². The molecule has 0 aliphatic heterocycles. The maximum absolute atomic E-state index is 9.95. The van der Waals surface area contributed by atoms with Gasteiger partial charge in [0.1, 0.15) is 5.97 Å². The van der Waals surface area contributed by atoms with Gasteiger partial charge in [-0.05, 0) is 23.7 Å². The molecule has 0 fully saturated rings. The minimum Gasteiger partial charge on any atom is -0.542 e. The van der Waals surface area contributed by atoms with Crippen molar-refractivity contribution in [2.24, 2.45) is 0 Å². The zero-order chi connectivity index (χ0) is 6.85. The Labute approximate surface area is 55.8 Å². The van der Waals surface area contributed by atoms with Crippen LogP contribution in [0.15, 0.2) is 16.5 Å². The van der Waals surface area contributed by atoms with Gasteiger partial charge in [-0.3, -0.25) is 0 Å². The van der Waals surface area contributed by atoms with Gasteiger partial charge in [-0.1, -0.05) is 0 Å². The van der Waals surface area contributed by atoms with E-state index in [2.05, 4.69) is 4.42 Å². The van der Waals surface area contributed by atoms with Gasteiger partial charge in [-0.25, -0.2) is 0 Å². The van der Waals surface area contributed by atoms with Crippen molar-refractivity contribution in [3.05, 3.63) is 23.1 Å². The molecule has 9 heavy (non-hydrogen) atoms. The van der Waals surface area contributed by atoms with E-state index in [1.54, 1.807) is 0 Å². The second-order valence-electron chi connectivity index (χ2n) is 1.39. The van der Waals surface area contributed by atoms with Crippen LogP contribution in [0.4, 0.5) is 0 Å². The number of carbonyl (C=O) groups excluding carboxylic acids is 1. The van der Waals surface area contributed by atoms with Crippen LogP contribution in [-0.2, 0) is 0 Å². The topological polar surface area (TPSA) is 53.3 Å². The summed E-state index contributed by atoms with van der Waals surface area (Å²) in [5.74, 6) is -1.61. The van der Waals surface area contributed by atoms with Crippen molar-refractivity contribution in [2.75, 3.05) is 0 Å². The first-order chi connectivity index (χ1) is 4.20. The van der Waals surface area contributed by atoms with Gasteiger partial charge < -0.3 is 14.3 Å². The molecule has 0 atom stereocenters. The molecule has 0 unspecified atom stereocenters. The molecule has 4 heteroatoms. The Kier molecular flexibility index (Phi) is 1.44. The number of furan rings is 1. The second-order valence-corrected chi connectivity index (χ2v) is 1.76. The number of hydrogen-bond donors (Lipinski definition) is 0. The summed E-state index contributed by atoms with van der Waals surface area (Å²) in [5, 5.41) is 10.0. The number of rotatable bonds is 1. The molecule has 0 aliphatic carbocycles. The van der Waals surface area contributed by atoms with Crippen LogP contribution in [0.25, 0.3) is 0 Å². The fourth-order valence-electron chi connectivity index (χ4n) is 0.424. The average Bonchev–Trinajstić information content (AvgIpc) is 2.14. The Balaban J connectivity index is 2.98. The summed E-state index contributed by atoms with van der Waals surface area (Å²) in [5.41, 5.74) is 0. The molecule has 0 aromatic carbocycles. The van der Waals surface area contributed by atoms with E-state index < -0.39 is 5.97 Å². The molecule has 48 valence electrons. The Bertz CT molecular complexity index is 228. The molecule has 1 heterocycles. The van der Waals surface area contributed by atoms with Gasteiger partial charge in [0.15, 0.2) is 11.0 Å². The van der Waals surface area contributed by atoms with Crippen molar-refractivity contribution in [2.45, 2.75) is 0 Å². The summed E-state index contributed by atoms with van der Waals surface area (Å²) in [6.45, 7) is 0. The van der Waals surface area contributed by atoms with Gasteiger partial charge in [-0.2, -0.15) is 0 Å². The standard InChI is InChI=1S/C5H3ClO3/c6-4-2-1-3(9-4)5(7)8/h1-2H,(H,7,8)/p-1. The van der Waals surface area contributed by atoms with E-state index in [0.29, 0.717) is 0 Å². The number of carboxylic acids is 1. The molecular formula is C5H2ClO3-. The molecule has 0 saturated carbocycles. The van der Waals surface area contributed by atoms with Crippen LogP contribution < -0.4 is 5.11 Å². The molecular weight excluding hydrogens is 144 g/mol. The maximum Gasteiger partial charge on any atom is 0.194 e. The van der Waals surface area contributed by atoms with E-state index in [-0.39, 0.29) is 11.0 Å². The Morgan fingerprint density at radius 2 is 2.33 bits per heavy atom. The van der Waals surface area contributed by atoms with Crippen LogP contribution in [-0.4, -0.2) is 5.97 Å². The second kappa shape index (κ2) is 2.11. The van der Waals surface area contributed by atoms with Gasteiger partial charge >= 0.3 is 0 Å². The largest absolute Gasteiger partial charge is 0.542 e. The highest BCUT2D eigenvalue weighted by Crippen LogP contribution is 2.11. The molecule has 1 rings (SSSR count). The number of carboxylic acid groups (broad SMARTS) is 1. The van der Waals surface area contributed by atoms with Crippen molar-refractivity contribution < 1.29 is 14.3 Å². The van der Waals surface area contributed by atoms with Crippen molar-refractivity contribution >= 4 is 17.6 Å². The predicted octanol–water partition coefficient (Wildman–Crippen LogP) is 0.296. The van der Waals surface area contributed by atoms with Gasteiger partial charge in [0.2, 0.25) is 0 Å². The number of halogens is 1. The average molecular weight is 146 g/mol. The maximum atomic E-state index is 9.95. The quantitative estimate of drug-likeness (QED) is 0.571. The molecule has 0 N–H and O–H groups in total. The van der Waals surface area contributed by atoms with Crippen molar-refractivity contribution in [1.29, 1.82) is 0 Å². The molecule has 0 saturated heterocycles. The highest BCUT2D eigenvalue weighted by atomic mass is 35.5. The van der Waals surface area contributed by atoms with Gasteiger partial charge in [0.05, 0.1) is 0 Å². The summed E-state index contributed by atoms with van der Waals surface area (Å²) in [7, 11) is 0. The lowest BCUT2D eigenvalue weighted by molar-refractivity contribution is -0.257. The Hall–Kier alpha value is -0.960. The van der Waals surface area contributed by atoms with Crippen LogP contribution >= 0.6 is 11.6 Å². The zero-order valence-corrected chi connectivity index (χ0v) is 5.01. The number of aromatic carboxylic acids is 1. The van der Waals surface area contributed by atoms with Crippen molar-refractivity contribution in [3.8, 4) is 0 Å². The molecule has 0 spiro atoms. The molecule has 0 bridgehead atoms. The first kappa shape index (κ1) is 6.16. The van der Waals surface area contributed by atoms with E-state index in [0.717, 1.165) is 0 Å². The fourth-order valence-corrected chi connectivity index (χ4v) is 0.570. The monoisotopic (exact) mass is 145 g/mol. The van der Waals surface area contributed by atoms with Crippen molar-refractivity contribution in [3.63, 3.8) is 0 Å². The minimum atomic E-state index is -1.36. The first-order valence-corrected chi connectivity index (χ1v) is 2.54. The summed E-state index contributed by atoms with van der Waals surface area (Å²) in [6, 6.07) is 2.57. The van der Waals surface area contributed by atoms with Crippen LogP contribution in [0, 0.1) is 0 Å². The van der Waals surface area contributed by atoms with E-state index in [9.17, 15) is 9.90 Å². The predicted molar refractivity (Wildman–Crippen MR) is 28.0 cm³/mol. The molecule has 3 nitrogen and oxygen atoms in total. The van der Waals surface area contributed by atoms with Crippen molar-refractivity contribution in [1.82, 2.24) is 0 Å². The third kappa shape index (κ3) is 1.23. The van der Waals surface area contributed by atoms with Gasteiger partial charge in [0, 0.05) is 0 Å². The van der Waals surface area contributed by atoms with Crippen LogP contribution in [0.5, 0.6) is 0 Å². The molecule has 1 aromatic rings. The van der Waals surface area contributed by atoms with Crippen LogP contribution in [0.3, 0.4) is 0 Å². The fraction of sp³-hybridized carbons (Fsp3) is 0. The highest BCUT2D eigenvalue weighted by molar-refractivity contribution is 6.29. The smallest absolute Gasteiger partial charge is 0.194 e. The third-order valence-corrected chi connectivity index (χ3v) is 0.978. The summed E-state index contributed by atoms with van der Waals surface area (Å²) < 4.78 is 4.45. The molecule has 0 radical (unpaired) electrons. The van der Waals surface area contributed by atoms with E-state index in [1.165, 1.54) is 12.1 Å². The highest BCUT2D eigenvalue weighted by Gasteiger charge is 1.97. The SMILES string of the molecule is O=C([O-])c1ccc(Cl)o1.